The average molecular weight is 184 g/mol. The lowest BCUT2D eigenvalue weighted by Gasteiger charge is -2.31. The predicted octanol–water partition coefficient (Wildman–Crippen LogP) is 1.70. The van der Waals surface area contributed by atoms with E-state index in [2.05, 4.69) is 25.9 Å². The summed E-state index contributed by atoms with van der Waals surface area (Å²) in [6, 6.07) is 0.391. The first-order valence-electron chi connectivity index (χ1n) is 5.50. The highest BCUT2D eigenvalue weighted by Gasteiger charge is 2.23. The molecule has 0 heterocycles. The summed E-state index contributed by atoms with van der Waals surface area (Å²) in [5.74, 6) is 1.71. The van der Waals surface area contributed by atoms with E-state index in [0.29, 0.717) is 6.04 Å². The SMILES string of the molecule is CC1CCC(C(N)CN(C)C)CC1. The monoisotopic (exact) mass is 184 g/mol. The van der Waals surface area contributed by atoms with Crippen molar-refractivity contribution in [3.05, 3.63) is 0 Å². The van der Waals surface area contributed by atoms with Gasteiger partial charge in [-0.1, -0.05) is 19.8 Å². The van der Waals surface area contributed by atoms with Crippen molar-refractivity contribution < 1.29 is 0 Å². The van der Waals surface area contributed by atoms with Crippen LogP contribution in [0.5, 0.6) is 0 Å². The van der Waals surface area contributed by atoms with Crippen LogP contribution in [0.15, 0.2) is 0 Å². The summed E-state index contributed by atoms with van der Waals surface area (Å²) in [4.78, 5) is 2.20. The van der Waals surface area contributed by atoms with Crippen molar-refractivity contribution in [2.75, 3.05) is 20.6 Å². The molecule has 13 heavy (non-hydrogen) atoms. The Bertz CT molecular complexity index is 137. The zero-order valence-corrected chi connectivity index (χ0v) is 9.29. The van der Waals surface area contributed by atoms with Gasteiger partial charge in [0.25, 0.3) is 0 Å². The molecule has 1 aliphatic carbocycles. The predicted molar refractivity (Wildman–Crippen MR) is 57.7 cm³/mol. The Morgan fingerprint density at radius 3 is 2.23 bits per heavy atom. The molecule has 1 aliphatic rings. The highest BCUT2D eigenvalue weighted by atomic mass is 15.1. The molecule has 0 bridgehead atoms. The van der Waals surface area contributed by atoms with E-state index < -0.39 is 0 Å². The van der Waals surface area contributed by atoms with Crippen molar-refractivity contribution in [3.8, 4) is 0 Å². The van der Waals surface area contributed by atoms with Crippen LogP contribution in [0, 0.1) is 11.8 Å². The Balaban J connectivity index is 2.27. The molecule has 1 atom stereocenters. The van der Waals surface area contributed by atoms with Gasteiger partial charge in [-0.3, -0.25) is 0 Å². The largest absolute Gasteiger partial charge is 0.326 e. The third-order valence-corrected chi connectivity index (χ3v) is 3.24. The Kier molecular flexibility index (Phi) is 4.20. The van der Waals surface area contributed by atoms with Crippen molar-refractivity contribution in [1.82, 2.24) is 4.90 Å². The Labute approximate surface area is 82.5 Å². The van der Waals surface area contributed by atoms with Gasteiger partial charge in [0.2, 0.25) is 0 Å². The highest BCUT2D eigenvalue weighted by Crippen LogP contribution is 2.29. The molecular formula is C11H24N2. The van der Waals surface area contributed by atoms with Gasteiger partial charge < -0.3 is 10.6 Å². The number of hydrogen-bond donors (Lipinski definition) is 1. The van der Waals surface area contributed by atoms with Crippen molar-refractivity contribution in [2.24, 2.45) is 17.6 Å². The van der Waals surface area contributed by atoms with Gasteiger partial charge in [0.1, 0.15) is 0 Å². The number of nitrogens with zero attached hydrogens (tertiary/aromatic N) is 1. The molecule has 0 radical (unpaired) electrons. The minimum Gasteiger partial charge on any atom is -0.326 e. The lowest BCUT2D eigenvalue weighted by atomic mass is 9.79. The van der Waals surface area contributed by atoms with E-state index in [1.54, 1.807) is 0 Å². The van der Waals surface area contributed by atoms with Crippen LogP contribution in [-0.4, -0.2) is 31.6 Å². The zero-order valence-electron chi connectivity index (χ0n) is 9.29. The summed E-state index contributed by atoms with van der Waals surface area (Å²) in [5, 5.41) is 0. The molecule has 0 spiro atoms. The molecule has 2 heteroatoms. The molecule has 2 N–H and O–H groups in total. The van der Waals surface area contributed by atoms with Gasteiger partial charge in [-0.25, -0.2) is 0 Å². The van der Waals surface area contributed by atoms with Crippen molar-refractivity contribution >= 4 is 0 Å². The molecule has 1 unspecified atom stereocenters. The van der Waals surface area contributed by atoms with Gasteiger partial charge >= 0.3 is 0 Å². The van der Waals surface area contributed by atoms with Gasteiger partial charge in [-0.15, -0.1) is 0 Å². The van der Waals surface area contributed by atoms with Crippen molar-refractivity contribution in [3.63, 3.8) is 0 Å². The van der Waals surface area contributed by atoms with E-state index >= 15 is 0 Å². The average Bonchev–Trinajstić information content (AvgIpc) is 2.04. The summed E-state index contributed by atoms with van der Waals surface area (Å²) >= 11 is 0. The number of hydrogen-bond acceptors (Lipinski definition) is 2. The minimum absolute atomic E-state index is 0.391. The molecular weight excluding hydrogens is 160 g/mol. The maximum absolute atomic E-state index is 6.15. The van der Waals surface area contributed by atoms with Crippen LogP contribution in [0.2, 0.25) is 0 Å². The van der Waals surface area contributed by atoms with Crippen molar-refractivity contribution in [1.29, 1.82) is 0 Å². The fourth-order valence-electron chi connectivity index (χ4n) is 2.28. The van der Waals surface area contributed by atoms with Crippen LogP contribution >= 0.6 is 0 Å². The van der Waals surface area contributed by atoms with Gasteiger partial charge in [0.05, 0.1) is 0 Å². The lowest BCUT2D eigenvalue weighted by Crippen LogP contribution is -2.40. The van der Waals surface area contributed by atoms with Gasteiger partial charge in [-0.2, -0.15) is 0 Å². The Morgan fingerprint density at radius 2 is 1.77 bits per heavy atom. The van der Waals surface area contributed by atoms with Crippen LogP contribution in [0.1, 0.15) is 32.6 Å². The van der Waals surface area contributed by atoms with Crippen LogP contribution in [0.4, 0.5) is 0 Å². The van der Waals surface area contributed by atoms with E-state index in [9.17, 15) is 0 Å². The minimum atomic E-state index is 0.391. The lowest BCUT2D eigenvalue weighted by molar-refractivity contribution is 0.224. The molecule has 0 amide bonds. The van der Waals surface area contributed by atoms with Gasteiger partial charge in [-0.05, 0) is 38.8 Å². The van der Waals surface area contributed by atoms with Crippen LogP contribution in [0.25, 0.3) is 0 Å². The van der Waals surface area contributed by atoms with E-state index in [1.165, 1.54) is 25.7 Å². The molecule has 78 valence electrons. The molecule has 1 rings (SSSR count). The second kappa shape index (κ2) is 4.97. The number of rotatable bonds is 3. The summed E-state index contributed by atoms with van der Waals surface area (Å²) < 4.78 is 0. The molecule has 0 aliphatic heterocycles. The quantitative estimate of drug-likeness (QED) is 0.723. The first kappa shape index (κ1) is 11.0. The van der Waals surface area contributed by atoms with E-state index in [-0.39, 0.29) is 0 Å². The van der Waals surface area contributed by atoms with E-state index in [4.69, 9.17) is 5.73 Å². The zero-order chi connectivity index (χ0) is 9.84. The highest BCUT2D eigenvalue weighted by molar-refractivity contribution is 4.79. The van der Waals surface area contributed by atoms with Crippen LogP contribution in [-0.2, 0) is 0 Å². The molecule has 0 aromatic carbocycles. The summed E-state index contributed by atoms with van der Waals surface area (Å²) in [5.41, 5.74) is 6.15. The summed E-state index contributed by atoms with van der Waals surface area (Å²) in [6.07, 6.45) is 5.45. The van der Waals surface area contributed by atoms with Gasteiger partial charge in [0.15, 0.2) is 0 Å². The topological polar surface area (TPSA) is 29.3 Å². The van der Waals surface area contributed by atoms with E-state index in [0.717, 1.165) is 18.4 Å². The molecule has 2 nitrogen and oxygen atoms in total. The normalized spacial score (nSPS) is 32.1. The van der Waals surface area contributed by atoms with Crippen LogP contribution in [0.3, 0.4) is 0 Å². The summed E-state index contributed by atoms with van der Waals surface area (Å²) in [7, 11) is 4.20. The summed E-state index contributed by atoms with van der Waals surface area (Å²) in [6.45, 7) is 3.40. The molecule has 0 aromatic rings. The Hall–Kier alpha value is -0.0800. The third-order valence-electron chi connectivity index (χ3n) is 3.24. The maximum Gasteiger partial charge on any atom is 0.0196 e. The standard InChI is InChI=1S/C11H24N2/c1-9-4-6-10(7-5-9)11(12)8-13(2)3/h9-11H,4-8,12H2,1-3H3. The number of nitrogens with two attached hydrogens (primary N) is 1. The maximum atomic E-state index is 6.15. The second-order valence-electron chi connectivity index (χ2n) is 4.95. The smallest absolute Gasteiger partial charge is 0.0196 e. The van der Waals surface area contributed by atoms with Crippen LogP contribution < -0.4 is 5.73 Å². The fraction of sp³-hybridized carbons (Fsp3) is 1.00. The van der Waals surface area contributed by atoms with E-state index in [1.807, 2.05) is 0 Å². The fourth-order valence-corrected chi connectivity index (χ4v) is 2.28. The molecule has 1 fully saturated rings. The first-order chi connectivity index (χ1) is 6.09. The Morgan fingerprint density at radius 1 is 1.23 bits per heavy atom. The molecule has 0 saturated heterocycles. The second-order valence-corrected chi connectivity index (χ2v) is 4.95. The number of likely N-dealkylation sites (N-methyl/N-ethyl adjacent to an activating group) is 1. The molecule has 0 aromatic heterocycles. The molecule has 1 saturated carbocycles. The third kappa shape index (κ3) is 3.65. The van der Waals surface area contributed by atoms with Gasteiger partial charge in [0, 0.05) is 12.6 Å². The first-order valence-corrected chi connectivity index (χ1v) is 5.50. The van der Waals surface area contributed by atoms with Crippen molar-refractivity contribution in [2.45, 2.75) is 38.6 Å².